The lowest BCUT2D eigenvalue weighted by molar-refractivity contribution is 0.355. The van der Waals surface area contributed by atoms with Crippen molar-refractivity contribution in [2.75, 3.05) is 0 Å². The second kappa shape index (κ2) is 10.4. The lowest BCUT2D eigenvalue weighted by Gasteiger charge is -2.24. The van der Waals surface area contributed by atoms with E-state index < -0.39 is 0 Å². The SMILES string of the molecule is CCC/C=C/C1CCC(/C=C/CCCCC)CC1. The highest BCUT2D eigenvalue weighted by molar-refractivity contribution is 4.96. The summed E-state index contributed by atoms with van der Waals surface area (Å²) in [5, 5.41) is 0. The van der Waals surface area contributed by atoms with Crippen LogP contribution in [0.4, 0.5) is 0 Å². The zero-order chi connectivity index (χ0) is 13.1. The third-order valence-corrected chi connectivity index (χ3v) is 4.06. The van der Waals surface area contributed by atoms with Crippen molar-refractivity contribution < 1.29 is 0 Å². The van der Waals surface area contributed by atoms with Crippen molar-refractivity contribution in [3.63, 3.8) is 0 Å². The van der Waals surface area contributed by atoms with Gasteiger partial charge >= 0.3 is 0 Å². The van der Waals surface area contributed by atoms with Gasteiger partial charge in [-0.05, 0) is 56.8 Å². The number of rotatable bonds is 8. The van der Waals surface area contributed by atoms with Crippen LogP contribution in [0, 0.1) is 11.8 Å². The number of hydrogen-bond acceptors (Lipinski definition) is 0. The van der Waals surface area contributed by atoms with Crippen molar-refractivity contribution >= 4 is 0 Å². The summed E-state index contributed by atoms with van der Waals surface area (Å²) in [5.74, 6) is 1.75. The summed E-state index contributed by atoms with van der Waals surface area (Å²) in [6.45, 7) is 4.53. The topological polar surface area (TPSA) is 0 Å². The van der Waals surface area contributed by atoms with E-state index in [1.807, 2.05) is 0 Å². The van der Waals surface area contributed by atoms with E-state index in [1.165, 1.54) is 64.2 Å². The predicted molar refractivity (Wildman–Crippen MR) is 82.8 cm³/mol. The largest absolute Gasteiger partial charge is 0.0883 e. The van der Waals surface area contributed by atoms with Gasteiger partial charge in [0.2, 0.25) is 0 Å². The second-order valence-electron chi connectivity index (χ2n) is 5.82. The smallest absolute Gasteiger partial charge is 0.0233 e. The van der Waals surface area contributed by atoms with Crippen LogP contribution in [0.15, 0.2) is 24.3 Å². The summed E-state index contributed by atoms with van der Waals surface area (Å²) >= 11 is 0. The molecule has 1 aliphatic carbocycles. The highest BCUT2D eigenvalue weighted by Gasteiger charge is 2.16. The van der Waals surface area contributed by atoms with Crippen molar-refractivity contribution in [2.24, 2.45) is 11.8 Å². The zero-order valence-electron chi connectivity index (χ0n) is 12.5. The Labute approximate surface area is 115 Å². The van der Waals surface area contributed by atoms with Crippen LogP contribution < -0.4 is 0 Å². The van der Waals surface area contributed by atoms with Gasteiger partial charge in [0.25, 0.3) is 0 Å². The van der Waals surface area contributed by atoms with E-state index in [1.54, 1.807) is 0 Å². The van der Waals surface area contributed by atoms with Crippen LogP contribution in [0.25, 0.3) is 0 Å². The summed E-state index contributed by atoms with van der Waals surface area (Å²) in [4.78, 5) is 0. The number of unbranched alkanes of at least 4 members (excludes halogenated alkanes) is 4. The van der Waals surface area contributed by atoms with Crippen molar-refractivity contribution in [1.82, 2.24) is 0 Å². The van der Waals surface area contributed by atoms with Gasteiger partial charge < -0.3 is 0 Å². The van der Waals surface area contributed by atoms with Crippen LogP contribution in [-0.2, 0) is 0 Å². The molecule has 1 aliphatic rings. The van der Waals surface area contributed by atoms with Gasteiger partial charge in [0.1, 0.15) is 0 Å². The molecule has 0 heteroatoms. The van der Waals surface area contributed by atoms with Crippen LogP contribution in [0.5, 0.6) is 0 Å². The maximum atomic E-state index is 2.50. The Bertz CT molecular complexity index is 228. The Balaban J connectivity index is 2.11. The normalized spacial score (nSPS) is 25.2. The Hall–Kier alpha value is -0.520. The highest BCUT2D eigenvalue weighted by atomic mass is 14.2. The fraction of sp³-hybridized carbons (Fsp3) is 0.778. The minimum absolute atomic E-state index is 0.876. The lowest BCUT2D eigenvalue weighted by Crippen LogP contribution is -2.11. The minimum Gasteiger partial charge on any atom is -0.0883 e. The Morgan fingerprint density at radius 2 is 1.28 bits per heavy atom. The van der Waals surface area contributed by atoms with Gasteiger partial charge in [0, 0.05) is 0 Å². The maximum Gasteiger partial charge on any atom is -0.0233 e. The third kappa shape index (κ3) is 7.03. The molecule has 0 aromatic carbocycles. The first-order valence-corrected chi connectivity index (χ1v) is 8.20. The van der Waals surface area contributed by atoms with E-state index in [0.717, 1.165) is 11.8 Å². The molecule has 0 aromatic heterocycles. The molecule has 0 aliphatic heterocycles. The summed E-state index contributed by atoms with van der Waals surface area (Å²) in [6, 6.07) is 0. The highest BCUT2D eigenvalue weighted by Crippen LogP contribution is 2.30. The van der Waals surface area contributed by atoms with Crippen LogP contribution in [0.3, 0.4) is 0 Å². The van der Waals surface area contributed by atoms with Crippen molar-refractivity contribution in [3.05, 3.63) is 24.3 Å². The van der Waals surface area contributed by atoms with Crippen LogP contribution in [0.1, 0.15) is 78.1 Å². The third-order valence-electron chi connectivity index (χ3n) is 4.06. The quantitative estimate of drug-likeness (QED) is 0.350. The van der Waals surface area contributed by atoms with Crippen LogP contribution in [-0.4, -0.2) is 0 Å². The van der Waals surface area contributed by atoms with E-state index in [4.69, 9.17) is 0 Å². The molecule has 0 unspecified atom stereocenters. The van der Waals surface area contributed by atoms with Crippen LogP contribution >= 0.6 is 0 Å². The van der Waals surface area contributed by atoms with E-state index in [0.29, 0.717) is 0 Å². The molecule has 0 amide bonds. The van der Waals surface area contributed by atoms with E-state index in [9.17, 15) is 0 Å². The minimum atomic E-state index is 0.876. The molecule has 0 nitrogen and oxygen atoms in total. The average Bonchev–Trinajstić information content (AvgIpc) is 2.40. The molecule has 18 heavy (non-hydrogen) atoms. The van der Waals surface area contributed by atoms with Gasteiger partial charge in [-0.1, -0.05) is 57.4 Å². The first kappa shape index (κ1) is 15.5. The van der Waals surface area contributed by atoms with Gasteiger partial charge in [-0.2, -0.15) is 0 Å². The maximum absolute atomic E-state index is 2.50. The summed E-state index contributed by atoms with van der Waals surface area (Å²) in [5.41, 5.74) is 0. The molecule has 0 aromatic rings. The molecule has 1 rings (SSSR count). The monoisotopic (exact) mass is 248 g/mol. The van der Waals surface area contributed by atoms with Crippen molar-refractivity contribution in [3.8, 4) is 0 Å². The molecule has 0 N–H and O–H groups in total. The fourth-order valence-corrected chi connectivity index (χ4v) is 2.79. The molecule has 0 radical (unpaired) electrons. The van der Waals surface area contributed by atoms with E-state index in [-0.39, 0.29) is 0 Å². The summed E-state index contributed by atoms with van der Waals surface area (Å²) in [6.07, 6.45) is 23.4. The molecule has 0 heterocycles. The molecule has 0 spiro atoms. The van der Waals surface area contributed by atoms with Crippen molar-refractivity contribution in [2.45, 2.75) is 78.1 Å². The fourth-order valence-electron chi connectivity index (χ4n) is 2.79. The standard InChI is InChI=1S/C18H32/c1-3-5-7-8-10-12-18-15-13-17(14-16-18)11-9-6-4-2/h9-12,17-18H,3-8,13-16H2,1-2H3/b11-9+,12-10+. The zero-order valence-corrected chi connectivity index (χ0v) is 12.5. The predicted octanol–water partition coefficient (Wildman–Crippen LogP) is 6.29. The van der Waals surface area contributed by atoms with E-state index >= 15 is 0 Å². The molecule has 1 saturated carbocycles. The van der Waals surface area contributed by atoms with Crippen molar-refractivity contribution in [1.29, 1.82) is 0 Å². The molecule has 1 fully saturated rings. The summed E-state index contributed by atoms with van der Waals surface area (Å²) < 4.78 is 0. The Morgan fingerprint density at radius 1 is 0.722 bits per heavy atom. The van der Waals surface area contributed by atoms with Gasteiger partial charge in [0.05, 0.1) is 0 Å². The molecular formula is C18H32. The molecular weight excluding hydrogens is 216 g/mol. The Morgan fingerprint density at radius 3 is 1.78 bits per heavy atom. The number of allylic oxidation sites excluding steroid dienone is 4. The first-order chi connectivity index (χ1) is 8.86. The Kier molecular flexibility index (Phi) is 8.98. The molecule has 104 valence electrons. The van der Waals surface area contributed by atoms with Gasteiger partial charge in [0.15, 0.2) is 0 Å². The second-order valence-corrected chi connectivity index (χ2v) is 5.82. The van der Waals surface area contributed by atoms with E-state index in [2.05, 4.69) is 38.2 Å². The molecule has 0 atom stereocenters. The number of hydrogen-bond donors (Lipinski definition) is 0. The van der Waals surface area contributed by atoms with Gasteiger partial charge in [-0.3, -0.25) is 0 Å². The lowest BCUT2D eigenvalue weighted by atomic mass is 9.81. The average molecular weight is 248 g/mol. The van der Waals surface area contributed by atoms with Gasteiger partial charge in [-0.15, -0.1) is 0 Å². The summed E-state index contributed by atoms with van der Waals surface area (Å²) in [7, 11) is 0. The molecule has 0 bridgehead atoms. The molecule has 0 saturated heterocycles. The van der Waals surface area contributed by atoms with Crippen LogP contribution in [0.2, 0.25) is 0 Å². The first-order valence-electron chi connectivity index (χ1n) is 8.20. The van der Waals surface area contributed by atoms with Gasteiger partial charge in [-0.25, -0.2) is 0 Å².